The van der Waals surface area contributed by atoms with Gasteiger partial charge < -0.3 is 10.4 Å². The molecule has 2 N–H and O–H groups in total. The summed E-state index contributed by atoms with van der Waals surface area (Å²) in [6, 6.07) is 1.62. The zero-order valence-corrected chi connectivity index (χ0v) is 12.9. The Kier molecular flexibility index (Phi) is 5.34. The lowest BCUT2D eigenvalue weighted by Gasteiger charge is -2.18. The van der Waals surface area contributed by atoms with Gasteiger partial charge in [-0.15, -0.1) is 11.3 Å². The van der Waals surface area contributed by atoms with E-state index in [1.807, 2.05) is 20.8 Å². The van der Waals surface area contributed by atoms with Gasteiger partial charge in [0, 0.05) is 5.92 Å². The van der Waals surface area contributed by atoms with Crippen molar-refractivity contribution in [3.8, 4) is 0 Å². The Morgan fingerprint density at radius 3 is 2.56 bits per heavy atom. The summed E-state index contributed by atoms with van der Waals surface area (Å²) in [5.41, 5.74) is 0.364. The molecule has 18 heavy (non-hydrogen) atoms. The molecule has 100 valence electrons. The topological polar surface area (TPSA) is 66.4 Å². The van der Waals surface area contributed by atoms with Crippen LogP contribution in [0.15, 0.2) is 9.85 Å². The molecule has 0 fully saturated rings. The number of anilines is 1. The molecule has 1 atom stereocenters. The SMILES string of the molecule is CC[C@H](C(=O)Nc1cc(Br)sc1C(=O)O)C(C)C. The Morgan fingerprint density at radius 2 is 2.11 bits per heavy atom. The summed E-state index contributed by atoms with van der Waals surface area (Å²) < 4.78 is 0.688. The molecule has 1 heterocycles. The molecule has 0 saturated carbocycles. The minimum Gasteiger partial charge on any atom is -0.477 e. The molecule has 6 heteroatoms. The van der Waals surface area contributed by atoms with Gasteiger partial charge in [-0.2, -0.15) is 0 Å². The van der Waals surface area contributed by atoms with Gasteiger partial charge in [0.15, 0.2) is 0 Å². The molecule has 1 aromatic rings. The quantitative estimate of drug-likeness (QED) is 0.860. The van der Waals surface area contributed by atoms with Crippen molar-refractivity contribution in [2.75, 3.05) is 5.32 Å². The fourth-order valence-corrected chi connectivity index (χ4v) is 3.19. The van der Waals surface area contributed by atoms with Crippen LogP contribution in [0.1, 0.15) is 36.9 Å². The normalized spacial score (nSPS) is 12.5. The molecule has 4 nitrogen and oxygen atoms in total. The molecular weight excluding hydrogens is 318 g/mol. The van der Waals surface area contributed by atoms with Crippen LogP contribution in [0, 0.1) is 11.8 Å². The molecule has 0 unspecified atom stereocenters. The van der Waals surface area contributed by atoms with E-state index in [0.717, 1.165) is 17.8 Å². The summed E-state index contributed by atoms with van der Waals surface area (Å²) in [5.74, 6) is -1.03. The second kappa shape index (κ2) is 6.33. The third kappa shape index (κ3) is 3.55. The zero-order valence-electron chi connectivity index (χ0n) is 10.5. The fourth-order valence-electron chi connectivity index (χ4n) is 1.80. The molecule has 0 bridgehead atoms. The van der Waals surface area contributed by atoms with Crippen LogP contribution in [-0.4, -0.2) is 17.0 Å². The second-order valence-electron chi connectivity index (χ2n) is 4.35. The Morgan fingerprint density at radius 1 is 1.50 bits per heavy atom. The molecule has 0 saturated heterocycles. The summed E-state index contributed by atoms with van der Waals surface area (Å²) in [4.78, 5) is 23.2. The third-order valence-corrected chi connectivity index (χ3v) is 4.36. The maximum Gasteiger partial charge on any atom is 0.348 e. The first-order valence-electron chi connectivity index (χ1n) is 5.70. The number of halogens is 1. The largest absolute Gasteiger partial charge is 0.477 e. The molecule has 0 aromatic carbocycles. The smallest absolute Gasteiger partial charge is 0.348 e. The van der Waals surface area contributed by atoms with E-state index < -0.39 is 5.97 Å². The highest BCUT2D eigenvalue weighted by Crippen LogP contribution is 2.32. The Balaban J connectivity index is 2.90. The number of amides is 1. The Hall–Kier alpha value is -0.880. The minimum atomic E-state index is -1.03. The van der Waals surface area contributed by atoms with Gasteiger partial charge in [-0.25, -0.2) is 4.79 Å². The number of carbonyl (C=O) groups excluding carboxylic acids is 1. The summed E-state index contributed by atoms with van der Waals surface area (Å²) >= 11 is 4.32. The first-order valence-corrected chi connectivity index (χ1v) is 7.31. The molecule has 0 radical (unpaired) electrons. The number of nitrogens with one attached hydrogen (secondary N) is 1. The summed E-state index contributed by atoms with van der Waals surface area (Å²) in [5, 5.41) is 11.7. The van der Waals surface area contributed by atoms with Crippen LogP contribution < -0.4 is 5.32 Å². The van der Waals surface area contributed by atoms with E-state index in [-0.39, 0.29) is 22.6 Å². The van der Waals surface area contributed by atoms with Crippen LogP contribution in [0.2, 0.25) is 0 Å². The van der Waals surface area contributed by atoms with Crippen molar-refractivity contribution in [3.63, 3.8) is 0 Å². The molecule has 0 aliphatic carbocycles. The lowest BCUT2D eigenvalue weighted by atomic mass is 9.92. The molecule has 1 amide bonds. The monoisotopic (exact) mass is 333 g/mol. The van der Waals surface area contributed by atoms with Gasteiger partial charge in [-0.3, -0.25) is 4.79 Å². The number of rotatable bonds is 5. The first kappa shape index (κ1) is 15.2. The number of hydrogen-bond acceptors (Lipinski definition) is 3. The molecular formula is C12H16BrNO3S. The van der Waals surface area contributed by atoms with Gasteiger partial charge in [-0.1, -0.05) is 20.8 Å². The van der Waals surface area contributed by atoms with Crippen LogP contribution in [-0.2, 0) is 4.79 Å². The van der Waals surface area contributed by atoms with Gasteiger partial charge in [0.05, 0.1) is 9.47 Å². The van der Waals surface area contributed by atoms with E-state index in [0.29, 0.717) is 9.47 Å². The number of thiophene rings is 1. The molecule has 1 aromatic heterocycles. The zero-order chi connectivity index (χ0) is 13.9. The van der Waals surface area contributed by atoms with Crippen molar-refractivity contribution < 1.29 is 14.7 Å². The van der Waals surface area contributed by atoms with Crippen molar-refractivity contribution in [1.82, 2.24) is 0 Å². The van der Waals surface area contributed by atoms with E-state index >= 15 is 0 Å². The highest BCUT2D eigenvalue weighted by Gasteiger charge is 2.23. The summed E-state index contributed by atoms with van der Waals surface area (Å²) in [6.07, 6.45) is 0.733. The van der Waals surface area contributed by atoms with E-state index in [1.54, 1.807) is 6.07 Å². The maximum atomic E-state index is 12.1. The number of aromatic carboxylic acids is 1. The van der Waals surface area contributed by atoms with E-state index in [1.165, 1.54) is 0 Å². The predicted octanol–water partition coefficient (Wildman–Crippen LogP) is 3.83. The Bertz CT molecular complexity index is 456. The van der Waals surface area contributed by atoms with Gasteiger partial charge in [0.25, 0.3) is 0 Å². The van der Waals surface area contributed by atoms with Gasteiger partial charge in [0.2, 0.25) is 5.91 Å². The van der Waals surface area contributed by atoms with Gasteiger partial charge >= 0.3 is 5.97 Å². The lowest BCUT2D eigenvalue weighted by molar-refractivity contribution is -0.121. The van der Waals surface area contributed by atoms with Crippen molar-refractivity contribution in [1.29, 1.82) is 0 Å². The predicted molar refractivity (Wildman–Crippen MR) is 76.2 cm³/mol. The van der Waals surface area contributed by atoms with Crippen molar-refractivity contribution in [2.45, 2.75) is 27.2 Å². The van der Waals surface area contributed by atoms with Crippen LogP contribution in [0.4, 0.5) is 5.69 Å². The highest BCUT2D eigenvalue weighted by atomic mass is 79.9. The number of carboxylic acid groups (broad SMARTS) is 1. The third-order valence-electron chi connectivity index (χ3n) is 2.74. The molecule has 0 spiro atoms. The highest BCUT2D eigenvalue weighted by molar-refractivity contribution is 9.11. The minimum absolute atomic E-state index is 0.106. The van der Waals surface area contributed by atoms with Gasteiger partial charge in [-0.05, 0) is 34.3 Å². The fraction of sp³-hybridized carbons (Fsp3) is 0.500. The van der Waals surface area contributed by atoms with Crippen molar-refractivity contribution in [2.24, 2.45) is 11.8 Å². The number of carboxylic acids is 1. The van der Waals surface area contributed by atoms with Crippen LogP contribution >= 0.6 is 27.3 Å². The van der Waals surface area contributed by atoms with E-state index in [4.69, 9.17) is 5.11 Å². The summed E-state index contributed by atoms with van der Waals surface area (Å²) in [6.45, 7) is 5.91. The van der Waals surface area contributed by atoms with Crippen LogP contribution in [0.25, 0.3) is 0 Å². The molecule has 0 aliphatic heterocycles. The number of hydrogen-bond donors (Lipinski definition) is 2. The van der Waals surface area contributed by atoms with E-state index in [2.05, 4.69) is 21.2 Å². The molecule has 1 rings (SSSR count). The average molecular weight is 334 g/mol. The number of carbonyl (C=O) groups is 2. The Labute approximate surface area is 119 Å². The second-order valence-corrected chi connectivity index (χ2v) is 6.78. The van der Waals surface area contributed by atoms with Crippen molar-refractivity contribution >= 4 is 44.8 Å². The standard InChI is InChI=1S/C12H16BrNO3S/c1-4-7(6(2)3)11(15)14-8-5-9(13)18-10(8)12(16)17/h5-7H,4H2,1-3H3,(H,14,15)(H,16,17)/t7-/m0/s1. The summed E-state index contributed by atoms with van der Waals surface area (Å²) in [7, 11) is 0. The maximum absolute atomic E-state index is 12.1. The average Bonchev–Trinajstić information content (AvgIpc) is 2.59. The molecule has 0 aliphatic rings. The van der Waals surface area contributed by atoms with Crippen LogP contribution in [0.5, 0.6) is 0 Å². The first-order chi connectivity index (χ1) is 8.36. The lowest BCUT2D eigenvalue weighted by Crippen LogP contribution is -2.26. The van der Waals surface area contributed by atoms with Crippen molar-refractivity contribution in [3.05, 3.63) is 14.7 Å². The van der Waals surface area contributed by atoms with Gasteiger partial charge in [0.1, 0.15) is 4.88 Å². The van der Waals surface area contributed by atoms with Crippen LogP contribution in [0.3, 0.4) is 0 Å². The van der Waals surface area contributed by atoms with E-state index in [9.17, 15) is 9.59 Å².